The molecule has 0 spiro atoms. The fourth-order valence-corrected chi connectivity index (χ4v) is 5.82. The molecule has 0 radical (unpaired) electrons. The zero-order valence-corrected chi connectivity index (χ0v) is 16.5. The topological polar surface area (TPSA) is 113 Å². The fourth-order valence-electron chi connectivity index (χ4n) is 1.43. The minimum Gasteiger partial charge on any atom is -0.394 e. The van der Waals surface area contributed by atoms with Crippen molar-refractivity contribution in [3.63, 3.8) is 0 Å². The van der Waals surface area contributed by atoms with Crippen LogP contribution in [0, 0.1) is 10.7 Å². The van der Waals surface area contributed by atoms with E-state index in [1.54, 1.807) is 6.07 Å². The Bertz CT molecular complexity index is 547. The Hall–Kier alpha value is 0.270. The van der Waals surface area contributed by atoms with E-state index in [-0.39, 0.29) is 13.2 Å². The van der Waals surface area contributed by atoms with Gasteiger partial charge in [-0.3, -0.25) is 9.59 Å². The number of amides is 2. The highest BCUT2D eigenvalue weighted by Crippen LogP contribution is 2.27. The molecule has 5 N–H and O–H groups in total. The summed E-state index contributed by atoms with van der Waals surface area (Å²) in [5, 5.41) is 20.5. The predicted molar refractivity (Wildman–Crippen MR) is 98.5 cm³/mol. The number of aliphatic hydroxyl groups is 2. The van der Waals surface area contributed by atoms with E-state index >= 15 is 0 Å². The molecule has 0 bridgehead atoms. The van der Waals surface area contributed by atoms with Crippen molar-refractivity contribution in [1.29, 1.82) is 0 Å². The van der Waals surface area contributed by atoms with Gasteiger partial charge in [0, 0.05) is 10.7 Å². The largest absolute Gasteiger partial charge is 0.394 e. The highest BCUT2D eigenvalue weighted by atomic mass is 127. The summed E-state index contributed by atoms with van der Waals surface area (Å²) in [5.41, 5.74) is 5.93. The number of halogens is 3. The van der Waals surface area contributed by atoms with Gasteiger partial charge in [-0.25, -0.2) is 0 Å². The lowest BCUT2D eigenvalue weighted by Crippen LogP contribution is -2.41. The van der Waals surface area contributed by atoms with E-state index in [4.69, 9.17) is 15.9 Å². The van der Waals surface area contributed by atoms with Gasteiger partial charge in [0.2, 0.25) is 0 Å². The van der Waals surface area contributed by atoms with Crippen molar-refractivity contribution in [2.45, 2.75) is 6.04 Å². The SMILES string of the molecule is NC(=O)c1c(I)cc(I)c(C(=O)NC(CO)CO)c1I. The second kappa shape index (κ2) is 8.05. The van der Waals surface area contributed by atoms with Crippen LogP contribution in [0.25, 0.3) is 0 Å². The number of carbonyl (C=O) groups excluding carboxylic acids is 2. The summed E-state index contributed by atoms with van der Waals surface area (Å²) in [5.74, 6) is -1.07. The number of aliphatic hydroxyl groups excluding tert-OH is 2. The number of benzene rings is 1. The van der Waals surface area contributed by atoms with Gasteiger partial charge in [0.25, 0.3) is 11.8 Å². The minimum absolute atomic E-state index is 0.293. The third-order valence-electron chi connectivity index (χ3n) is 2.42. The van der Waals surface area contributed by atoms with Crippen LogP contribution in [0.15, 0.2) is 6.07 Å². The Morgan fingerprint density at radius 2 is 1.65 bits per heavy atom. The van der Waals surface area contributed by atoms with E-state index in [1.807, 2.05) is 67.8 Å². The summed E-state index contributed by atoms with van der Waals surface area (Å²) in [6.45, 7) is -0.745. The van der Waals surface area contributed by atoms with Gasteiger partial charge in [-0.05, 0) is 73.8 Å². The molecule has 2 amide bonds. The van der Waals surface area contributed by atoms with Gasteiger partial charge in [0.1, 0.15) is 0 Å². The zero-order chi connectivity index (χ0) is 15.4. The second-order valence-corrected chi connectivity index (χ2v) is 7.21. The molecule has 0 fully saturated rings. The predicted octanol–water partition coefficient (Wildman–Crippen LogP) is 0.682. The maximum Gasteiger partial charge on any atom is 0.253 e. The number of rotatable bonds is 5. The number of hydrogen-bond donors (Lipinski definition) is 4. The van der Waals surface area contributed by atoms with E-state index in [9.17, 15) is 9.59 Å². The molecule has 0 aliphatic carbocycles. The second-order valence-electron chi connectivity index (χ2n) is 3.80. The van der Waals surface area contributed by atoms with Gasteiger partial charge in [-0.1, -0.05) is 0 Å². The summed E-state index contributed by atoms with van der Waals surface area (Å²) >= 11 is 5.87. The maximum atomic E-state index is 12.2. The van der Waals surface area contributed by atoms with Gasteiger partial charge in [0.15, 0.2) is 0 Å². The molecular formula is C11H11I3N2O4. The van der Waals surface area contributed by atoms with Crippen LogP contribution in [0.5, 0.6) is 0 Å². The fraction of sp³-hybridized carbons (Fsp3) is 0.273. The first-order valence-corrected chi connectivity index (χ1v) is 8.57. The van der Waals surface area contributed by atoms with Crippen molar-refractivity contribution in [1.82, 2.24) is 5.32 Å². The third-order valence-corrected chi connectivity index (χ3v) is 5.20. The summed E-state index contributed by atoms with van der Waals surface area (Å²) in [6, 6.07) is 0.941. The van der Waals surface area contributed by atoms with Gasteiger partial charge >= 0.3 is 0 Å². The number of primary amides is 1. The van der Waals surface area contributed by atoms with E-state index in [1.165, 1.54) is 0 Å². The quantitative estimate of drug-likeness (QED) is 0.365. The van der Waals surface area contributed by atoms with Gasteiger partial charge < -0.3 is 21.3 Å². The van der Waals surface area contributed by atoms with Gasteiger partial charge in [-0.15, -0.1) is 0 Å². The molecule has 6 nitrogen and oxygen atoms in total. The lowest BCUT2D eigenvalue weighted by atomic mass is 10.1. The molecule has 9 heteroatoms. The first-order chi connectivity index (χ1) is 9.33. The molecule has 0 heterocycles. The molecule has 110 valence electrons. The van der Waals surface area contributed by atoms with Gasteiger partial charge in [0.05, 0.1) is 30.4 Å². The Morgan fingerprint density at radius 3 is 2.10 bits per heavy atom. The van der Waals surface area contributed by atoms with Crippen LogP contribution in [0.1, 0.15) is 20.7 Å². The smallest absolute Gasteiger partial charge is 0.253 e. The normalized spacial score (nSPS) is 10.7. The van der Waals surface area contributed by atoms with E-state index in [0.29, 0.717) is 21.8 Å². The molecule has 1 aromatic carbocycles. The van der Waals surface area contributed by atoms with Crippen LogP contribution in [-0.2, 0) is 0 Å². The zero-order valence-electron chi connectivity index (χ0n) is 9.99. The molecule has 0 aliphatic heterocycles. The van der Waals surface area contributed by atoms with Crippen molar-refractivity contribution in [2.75, 3.05) is 13.2 Å². The molecular weight excluding hydrogens is 605 g/mol. The Balaban J connectivity index is 3.28. The van der Waals surface area contributed by atoms with Crippen molar-refractivity contribution in [3.8, 4) is 0 Å². The molecule has 20 heavy (non-hydrogen) atoms. The van der Waals surface area contributed by atoms with Crippen molar-refractivity contribution < 1.29 is 19.8 Å². The Kier molecular flexibility index (Phi) is 7.37. The van der Waals surface area contributed by atoms with Crippen LogP contribution in [0.3, 0.4) is 0 Å². The highest BCUT2D eigenvalue weighted by Gasteiger charge is 2.23. The maximum absolute atomic E-state index is 12.2. The number of hydrogen-bond acceptors (Lipinski definition) is 4. The van der Waals surface area contributed by atoms with Crippen LogP contribution < -0.4 is 11.1 Å². The molecule has 0 saturated carbocycles. The monoisotopic (exact) mass is 616 g/mol. The van der Waals surface area contributed by atoms with Crippen LogP contribution in [0.2, 0.25) is 0 Å². The highest BCUT2D eigenvalue weighted by molar-refractivity contribution is 14.1. The van der Waals surface area contributed by atoms with Crippen LogP contribution in [-0.4, -0.2) is 41.3 Å². The summed E-state index contributed by atoms with van der Waals surface area (Å²) < 4.78 is 1.79. The average molecular weight is 616 g/mol. The lowest BCUT2D eigenvalue weighted by Gasteiger charge is -2.16. The van der Waals surface area contributed by atoms with Crippen molar-refractivity contribution >= 4 is 79.6 Å². The van der Waals surface area contributed by atoms with E-state index in [0.717, 1.165) is 0 Å². The molecule has 0 unspecified atom stereocenters. The van der Waals surface area contributed by atoms with Crippen molar-refractivity contribution in [2.24, 2.45) is 5.73 Å². The summed E-state index contributed by atoms with van der Waals surface area (Å²) in [6.07, 6.45) is 0. The molecule has 0 aliphatic rings. The molecule has 0 saturated heterocycles. The standard InChI is InChI=1S/C11H11I3N2O4/c12-5-1-6(13)8(9(14)7(5)10(15)19)11(20)16-4(2-17)3-18/h1,4,17-18H,2-3H2,(H2,15,19)(H,16,20). The summed E-state index contributed by atoms with van der Waals surface area (Å²) in [7, 11) is 0. The molecule has 0 aromatic heterocycles. The number of carbonyl (C=O) groups is 2. The van der Waals surface area contributed by atoms with Crippen LogP contribution >= 0.6 is 67.8 Å². The first-order valence-electron chi connectivity index (χ1n) is 5.33. The lowest BCUT2D eigenvalue weighted by molar-refractivity contribution is 0.0877. The Morgan fingerprint density at radius 1 is 1.15 bits per heavy atom. The van der Waals surface area contributed by atoms with Crippen LogP contribution in [0.4, 0.5) is 0 Å². The first kappa shape index (κ1) is 18.3. The molecule has 1 rings (SSSR count). The van der Waals surface area contributed by atoms with E-state index < -0.39 is 17.9 Å². The van der Waals surface area contributed by atoms with Gasteiger partial charge in [-0.2, -0.15) is 0 Å². The van der Waals surface area contributed by atoms with E-state index in [2.05, 4.69) is 5.32 Å². The number of nitrogens with two attached hydrogens (primary N) is 1. The Labute approximate surface area is 156 Å². The average Bonchev–Trinajstić information content (AvgIpc) is 2.34. The molecule has 0 atom stereocenters. The number of nitrogens with one attached hydrogen (secondary N) is 1. The molecule has 1 aromatic rings. The summed E-state index contributed by atoms with van der Waals surface area (Å²) in [4.78, 5) is 23.7. The third kappa shape index (κ3) is 4.14. The van der Waals surface area contributed by atoms with Crippen molar-refractivity contribution in [3.05, 3.63) is 27.9 Å². The minimum atomic E-state index is -0.745.